The molecule has 6 nitrogen and oxygen atoms in total. The molecule has 7 heteroatoms. The number of aromatic nitrogens is 1. The van der Waals surface area contributed by atoms with Crippen LogP contribution in [0.1, 0.15) is 16.3 Å². The Morgan fingerprint density at radius 1 is 1.00 bits per heavy atom. The molecule has 3 aromatic rings. The molecule has 1 aliphatic rings. The highest BCUT2D eigenvalue weighted by Crippen LogP contribution is 2.32. The molecule has 0 saturated carbocycles. The van der Waals surface area contributed by atoms with Crippen molar-refractivity contribution in [2.45, 2.75) is 20.0 Å². The number of oxazole rings is 1. The highest BCUT2D eigenvalue weighted by Gasteiger charge is 2.21. The van der Waals surface area contributed by atoms with Gasteiger partial charge >= 0.3 is 0 Å². The predicted octanol–water partition coefficient (Wildman–Crippen LogP) is 4.05. The van der Waals surface area contributed by atoms with Gasteiger partial charge in [0, 0.05) is 49.7 Å². The van der Waals surface area contributed by atoms with E-state index in [9.17, 15) is 0 Å². The highest BCUT2D eigenvalue weighted by molar-refractivity contribution is 7.09. The lowest BCUT2D eigenvalue weighted by Gasteiger charge is -2.34. The van der Waals surface area contributed by atoms with Gasteiger partial charge in [0.05, 0.1) is 19.9 Å². The van der Waals surface area contributed by atoms with E-state index in [4.69, 9.17) is 18.9 Å². The van der Waals surface area contributed by atoms with E-state index in [0.29, 0.717) is 17.4 Å². The topological polar surface area (TPSA) is 51.0 Å². The van der Waals surface area contributed by atoms with E-state index in [0.717, 1.165) is 56.3 Å². The Morgan fingerprint density at radius 3 is 2.38 bits per heavy atom. The molecule has 1 saturated heterocycles. The van der Waals surface area contributed by atoms with Crippen LogP contribution in [0.5, 0.6) is 11.5 Å². The summed E-state index contributed by atoms with van der Waals surface area (Å²) in [7, 11) is 3.26. The Hall–Kier alpha value is -2.35. The summed E-state index contributed by atoms with van der Waals surface area (Å²) in [5, 5.41) is 2.15. The number of methoxy groups -OCH3 is 2. The summed E-state index contributed by atoms with van der Waals surface area (Å²) in [4.78, 5) is 11.2. The molecule has 2 aromatic heterocycles. The summed E-state index contributed by atoms with van der Waals surface area (Å²) in [5.74, 6) is 2.86. The number of benzene rings is 1. The smallest absolute Gasteiger partial charge is 0.226 e. The van der Waals surface area contributed by atoms with Gasteiger partial charge in [-0.3, -0.25) is 9.80 Å². The number of ether oxygens (including phenoxy) is 2. The quantitative estimate of drug-likeness (QED) is 0.583. The second kappa shape index (κ2) is 8.98. The van der Waals surface area contributed by atoms with Gasteiger partial charge in [-0.15, -0.1) is 11.3 Å². The van der Waals surface area contributed by atoms with Crippen molar-refractivity contribution in [3.05, 3.63) is 52.0 Å². The first-order chi connectivity index (χ1) is 14.2. The molecule has 3 heterocycles. The average Bonchev–Trinajstić information content (AvgIpc) is 3.39. The SMILES string of the molecule is COc1ccc(-c2nc(CN3CCN(Cc4cccs4)CC3)c(C)o2)cc1OC. The van der Waals surface area contributed by atoms with Gasteiger partial charge in [-0.05, 0) is 36.6 Å². The van der Waals surface area contributed by atoms with E-state index in [-0.39, 0.29) is 0 Å². The summed E-state index contributed by atoms with van der Waals surface area (Å²) >= 11 is 1.83. The van der Waals surface area contributed by atoms with Crippen molar-refractivity contribution in [1.82, 2.24) is 14.8 Å². The van der Waals surface area contributed by atoms with Crippen molar-refractivity contribution in [2.24, 2.45) is 0 Å². The Labute approximate surface area is 175 Å². The average molecular weight is 414 g/mol. The first-order valence-corrected chi connectivity index (χ1v) is 10.7. The summed E-state index contributed by atoms with van der Waals surface area (Å²) in [6.45, 7) is 8.11. The molecule has 0 N–H and O–H groups in total. The van der Waals surface area contributed by atoms with Crippen molar-refractivity contribution in [3.8, 4) is 23.0 Å². The van der Waals surface area contributed by atoms with Crippen LogP contribution in [0.25, 0.3) is 11.5 Å². The van der Waals surface area contributed by atoms with Crippen LogP contribution >= 0.6 is 11.3 Å². The van der Waals surface area contributed by atoms with Gasteiger partial charge < -0.3 is 13.9 Å². The number of aryl methyl sites for hydroxylation is 1. The van der Waals surface area contributed by atoms with Gasteiger partial charge in [-0.1, -0.05) is 6.07 Å². The van der Waals surface area contributed by atoms with Gasteiger partial charge in [-0.25, -0.2) is 4.98 Å². The third kappa shape index (κ3) is 4.63. The largest absolute Gasteiger partial charge is 0.493 e. The second-order valence-electron chi connectivity index (χ2n) is 7.22. The molecule has 0 radical (unpaired) electrons. The van der Waals surface area contributed by atoms with Gasteiger partial charge in [0.15, 0.2) is 11.5 Å². The maximum atomic E-state index is 5.96. The minimum Gasteiger partial charge on any atom is -0.493 e. The molecule has 0 atom stereocenters. The molecule has 4 rings (SSSR count). The Morgan fingerprint density at radius 2 is 1.72 bits per heavy atom. The molecule has 29 heavy (non-hydrogen) atoms. The first-order valence-electron chi connectivity index (χ1n) is 9.82. The van der Waals surface area contributed by atoms with Crippen LogP contribution in [0.15, 0.2) is 40.1 Å². The minimum absolute atomic E-state index is 0.620. The molecule has 1 aromatic carbocycles. The molecule has 0 unspecified atom stereocenters. The first kappa shape index (κ1) is 19.9. The normalized spacial score (nSPS) is 15.6. The lowest BCUT2D eigenvalue weighted by Crippen LogP contribution is -2.45. The zero-order valence-electron chi connectivity index (χ0n) is 17.2. The van der Waals surface area contributed by atoms with Crippen LogP contribution in [-0.4, -0.2) is 55.2 Å². The number of piperazine rings is 1. The van der Waals surface area contributed by atoms with Gasteiger partial charge in [-0.2, -0.15) is 0 Å². The van der Waals surface area contributed by atoms with E-state index in [1.165, 1.54) is 4.88 Å². The fourth-order valence-corrected chi connectivity index (χ4v) is 4.35. The second-order valence-corrected chi connectivity index (χ2v) is 8.26. The number of thiophene rings is 1. The van der Waals surface area contributed by atoms with Crippen molar-refractivity contribution < 1.29 is 13.9 Å². The molecule has 0 spiro atoms. The van der Waals surface area contributed by atoms with Crippen LogP contribution < -0.4 is 9.47 Å². The Balaban J connectivity index is 1.39. The van der Waals surface area contributed by atoms with Gasteiger partial charge in [0.1, 0.15) is 5.76 Å². The van der Waals surface area contributed by atoms with Crippen molar-refractivity contribution in [2.75, 3.05) is 40.4 Å². The fourth-order valence-electron chi connectivity index (χ4n) is 3.61. The maximum Gasteiger partial charge on any atom is 0.226 e. The van der Waals surface area contributed by atoms with Crippen molar-refractivity contribution in [3.63, 3.8) is 0 Å². The van der Waals surface area contributed by atoms with Crippen molar-refractivity contribution >= 4 is 11.3 Å². The van der Waals surface area contributed by atoms with Gasteiger partial charge in [0.2, 0.25) is 5.89 Å². The summed E-state index contributed by atoms with van der Waals surface area (Å²) in [6, 6.07) is 10.1. The fraction of sp³-hybridized carbons (Fsp3) is 0.409. The lowest BCUT2D eigenvalue weighted by atomic mass is 10.2. The van der Waals surface area contributed by atoms with E-state index >= 15 is 0 Å². The van der Waals surface area contributed by atoms with Gasteiger partial charge in [0.25, 0.3) is 0 Å². The standard InChI is InChI=1S/C22H27N3O3S/c1-16-19(15-25-10-8-24(9-11-25)14-18-5-4-12-29-18)23-22(28-16)17-6-7-20(26-2)21(13-17)27-3/h4-7,12-13H,8-11,14-15H2,1-3H3. The maximum absolute atomic E-state index is 5.96. The minimum atomic E-state index is 0.620. The number of rotatable bonds is 7. The van der Waals surface area contributed by atoms with E-state index in [1.54, 1.807) is 14.2 Å². The summed E-state index contributed by atoms with van der Waals surface area (Å²) in [6.07, 6.45) is 0. The summed E-state index contributed by atoms with van der Waals surface area (Å²) in [5.41, 5.74) is 1.89. The van der Waals surface area contributed by atoms with E-state index in [2.05, 4.69) is 27.3 Å². The van der Waals surface area contributed by atoms with Crippen LogP contribution in [-0.2, 0) is 13.1 Å². The van der Waals surface area contributed by atoms with Crippen LogP contribution in [0.4, 0.5) is 0 Å². The Kier molecular flexibility index (Phi) is 6.18. The molecular weight excluding hydrogens is 386 g/mol. The molecule has 0 aliphatic carbocycles. The van der Waals surface area contributed by atoms with Crippen molar-refractivity contribution in [1.29, 1.82) is 0 Å². The molecule has 0 bridgehead atoms. The third-order valence-electron chi connectivity index (χ3n) is 5.32. The number of hydrogen-bond donors (Lipinski definition) is 0. The van der Waals surface area contributed by atoms with E-state index < -0.39 is 0 Å². The molecule has 154 valence electrons. The number of hydrogen-bond acceptors (Lipinski definition) is 7. The number of nitrogens with zero attached hydrogens (tertiary/aromatic N) is 3. The monoisotopic (exact) mass is 413 g/mol. The van der Waals surface area contributed by atoms with Crippen LogP contribution in [0.2, 0.25) is 0 Å². The van der Waals surface area contributed by atoms with Crippen LogP contribution in [0, 0.1) is 6.92 Å². The molecular formula is C22H27N3O3S. The van der Waals surface area contributed by atoms with Crippen LogP contribution in [0.3, 0.4) is 0 Å². The molecule has 1 fully saturated rings. The lowest BCUT2D eigenvalue weighted by molar-refractivity contribution is 0.121. The molecule has 0 amide bonds. The zero-order valence-corrected chi connectivity index (χ0v) is 18.0. The zero-order chi connectivity index (χ0) is 20.2. The van der Waals surface area contributed by atoms with E-state index in [1.807, 2.05) is 36.5 Å². The third-order valence-corrected chi connectivity index (χ3v) is 6.18. The highest BCUT2D eigenvalue weighted by atomic mass is 32.1. The summed E-state index contributed by atoms with van der Waals surface area (Å²) < 4.78 is 16.7. The predicted molar refractivity (Wildman–Crippen MR) is 115 cm³/mol. The molecule has 1 aliphatic heterocycles. The Bertz CT molecular complexity index is 931.